The Morgan fingerprint density at radius 2 is 2.05 bits per heavy atom. The Morgan fingerprint density at radius 1 is 1.33 bits per heavy atom. The Labute approximate surface area is 121 Å². The van der Waals surface area contributed by atoms with Crippen LogP contribution in [0.4, 0.5) is 18.0 Å². The average Bonchev–Trinajstić information content (AvgIpc) is 2.45. The third-order valence-corrected chi connectivity index (χ3v) is 3.48. The van der Waals surface area contributed by atoms with E-state index in [0.29, 0.717) is 32.4 Å². The summed E-state index contributed by atoms with van der Waals surface area (Å²) in [5.74, 6) is -1.75. The molecule has 2 amide bonds. The fraction of sp³-hybridized carbons (Fsp3) is 0.846. The molecule has 0 aromatic carbocycles. The molecule has 1 atom stereocenters. The molecule has 0 aromatic rings. The van der Waals surface area contributed by atoms with Crippen molar-refractivity contribution in [3.8, 4) is 0 Å². The van der Waals surface area contributed by atoms with Gasteiger partial charge in [-0.3, -0.25) is 4.79 Å². The number of rotatable bonds is 5. The molecule has 5 nitrogen and oxygen atoms in total. The number of nitrogens with zero attached hydrogens (tertiary/aromatic N) is 1. The van der Waals surface area contributed by atoms with Gasteiger partial charge in [-0.2, -0.15) is 13.2 Å². The number of carbonyl (C=O) groups excluding carboxylic acids is 2. The first kappa shape index (κ1) is 17.6. The van der Waals surface area contributed by atoms with Gasteiger partial charge in [-0.05, 0) is 25.7 Å². The summed E-state index contributed by atoms with van der Waals surface area (Å²) >= 11 is 0. The number of amides is 2. The van der Waals surface area contributed by atoms with Crippen molar-refractivity contribution in [2.24, 2.45) is 5.92 Å². The van der Waals surface area contributed by atoms with E-state index in [-0.39, 0.29) is 25.4 Å². The van der Waals surface area contributed by atoms with Crippen molar-refractivity contribution >= 4 is 12.0 Å². The van der Waals surface area contributed by atoms with Gasteiger partial charge >= 0.3 is 18.2 Å². The molecule has 0 aromatic heterocycles. The number of ether oxygens (including phenoxy) is 1. The monoisotopic (exact) mass is 310 g/mol. The van der Waals surface area contributed by atoms with Crippen LogP contribution in [0.1, 0.15) is 32.1 Å². The van der Waals surface area contributed by atoms with E-state index in [1.807, 2.05) is 0 Å². The Balaban J connectivity index is 2.24. The van der Waals surface area contributed by atoms with E-state index < -0.39 is 18.1 Å². The van der Waals surface area contributed by atoms with Crippen LogP contribution >= 0.6 is 0 Å². The smallest absolute Gasteiger partial charge is 0.393 e. The molecule has 21 heavy (non-hydrogen) atoms. The molecule has 1 unspecified atom stereocenters. The zero-order chi connectivity index (χ0) is 15.9. The minimum Gasteiger partial charge on any atom is -0.469 e. The van der Waals surface area contributed by atoms with E-state index in [1.54, 1.807) is 0 Å². The first-order valence-electron chi connectivity index (χ1n) is 7.01. The van der Waals surface area contributed by atoms with Crippen LogP contribution < -0.4 is 5.32 Å². The van der Waals surface area contributed by atoms with Crippen molar-refractivity contribution in [2.45, 2.75) is 38.3 Å². The predicted molar refractivity (Wildman–Crippen MR) is 69.6 cm³/mol. The Kier molecular flexibility index (Phi) is 6.77. The van der Waals surface area contributed by atoms with E-state index in [0.717, 1.165) is 0 Å². The second-order valence-corrected chi connectivity index (χ2v) is 5.09. The summed E-state index contributed by atoms with van der Waals surface area (Å²) in [6, 6.07) is -0.470. The van der Waals surface area contributed by atoms with Gasteiger partial charge in [0.05, 0.1) is 13.0 Å². The highest BCUT2D eigenvalue weighted by Gasteiger charge is 2.42. The SMILES string of the molecule is COC(=O)CCCCNC(=O)N1CCCC(C(F)(F)F)C1. The lowest BCUT2D eigenvalue weighted by Gasteiger charge is -2.33. The van der Waals surface area contributed by atoms with Crippen molar-refractivity contribution in [1.82, 2.24) is 10.2 Å². The number of nitrogens with one attached hydrogen (secondary N) is 1. The van der Waals surface area contributed by atoms with Gasteiger partial charge in [0, 0.05) is 26.1 Å². The molecular formula is C13H21F3N2O3. The van der Waals surface area contributed by atoms with Crippen LogP contribution in [0.3, 0.4) is 0 Å². The molecule has 1 aliphatic heterocycles. The van der Waals surface area contributed by atoms with Crippen molar-refractivity contribution < 1.29 is 27.5 Å². The minimum atomic E-state index is -4.25. The number of hydrogen-bond acceptors (Lipinski definition) is 3. The second-order valence-electron chi connectivity index (χ2n) is 5.09. The largest absolute Gasteiger partial charge is 0.469 e. The van der Waals surface area contributed by atoms with E-state index in [9.17, 15) is 22.8 Å². The molecule has 1 heterocycles. The van der Waals surface area contributed by atoms with Crippen LogP contribution in [0.5, 0.6) is 0 Å². The second kappa shape index (κ2) is 8.09. The van der Waals surface area contributed by atoms with Crippen LogP contribution in [0, 0.1) is 5.92 Å². The fourth-order valence-electron chi connectivity index (χ4n) is 2.23. The summed E-state index contributed by atoms with van der Waals surface area (Å²) in [5.41, 5.74) is 0. The van der Waals surface area contributed by atoms with E-state index in [1.165, 1.54) is 12.0 Å². The van der Waals surface area contributed by atoms with Crippen LogP contribution in [-0.2, 0) is 9.53 Å². The van der Waals surface area contributed by atoms with Crippen LogP contribution in [0.2, 0.25) is 0 Å². The Bertz CT molecular complexity index is 361. The van der Waals surface area contributed by atoms with Crippen molar-refractivity contribution in [3.05, 3.63) is 0 Å². The fourth-order valence-corrected chi connectivity index (χ4v) is 2.23. The van der Waals surface area contributed by atoms with Crippen molar-refractivity contribution in [3.63, 3.8) is 0 Å². The van der Waals surface area contributed by atoms with Gasteiger partial charge in [-0.15, -0.1) is 0 Å². The molecule has 0 radical (unpaired) electrons. The first-order chi connectivity index (χ1) is 9.84. The number of hydrogen-bond donors (Lipinski definition) is 1. The van der Waals surface area contributed by atoms with Gasteiger partial charge in [0.1, 0.15) is 0 Å². The summed E-state index contributed by atoms with van der Waals surface area (Å²) < 4.78 is 42.4. The van der Waals surface area contributed by atoms with Crippen molar-refractivity contribution in [1.29, 1.82) is 0 Å². The Morgan fingerprint density at radius 3 is 2.67 bits per heavy atom. The van der Waals surface area contributed by atoms with Gasteiger partial charge < -0.3 is 15.0 Å². The van der Waals surface area contributed by atoms with Gasteiger partial charge in [0.15, 0.2) is 0 Å². The summed E-state index contributed by atoms with van der Waals surface area (Å²) in [7, 11) is 1.30. The van der Waals surface area contributed by atoms with E-state index in [2.05, 4.69) is 10.1 Å². The van der Waals surface area contributed by atoms with Gasteiger partial charge in [-0.25, -0.2) is 4.79 Å². The number of likely N-dealkylation sites (tertiary alicyclic amines) is 1. The van der Waals surface area contributed by atoms with Crippen LogP contribution in [0.15, 0.2) is 0 Å². The molecule has 1 fully saturated rings. The van der Waals surface area contributed by atoms with Gasteiger partial charge in [0.2, 0.25) is 0 Å². The van der Waals surface area contributed by atoms with Crippen LogP contribution in [-0.4, -0.2) is 49.8 Å². The molecule has 0 bridgehead atoms. The molecule has 1 N–H and O–H groups in total. The maximum Gasteiger partial charge on any atom is 0.393 e. The van der Waals surface area contributed by atoms with Gasteiger partial charge in [-0.1, -0.05) is 0 Å². The number of esters is 1. The first-order valence-corrected chi connectivity index (χ1v) is 7.01. The maximum atomic E-state index is 12.6. The van der Waals surface area contributed by atoms with Crippen LogP contribution in [0.25, 0.3) is 0 Å². The van der Waals surface area contributed by atoms with Crippen molar-refractivity contribution in [2.75, 3.05) is 26.7 Å². The number of methoxy groups -OCH3 is 1. The number of alkyl halides is 3. The standard InChI is InChI=1S/C13H21F3N2O3/c1-21-11(19)6-2-3-7-17-12(20)18-8-4-5-10(9-18)13(14,15)16/h10H,2-9H2,1H3,(H,17,20). The molecule has 0 aliphatic carbocycles. The Hall–Kier alpha value is -1.47. The number of carbonyl (C=O) groups is 2. The maximum absolute atomic E-state index is 12.6. The molecular weight excluding hydrogens is 289 g/mol. The highest BCUT2D eigenvalue weighted by Crippen LogP contribution is 2.32. The predicted octanol–water partition coefficient (Wildman–Crippen LogP) is 2.31. The third kappa shape index (κ3) is 6.22. The topological polar surface area (TPSA) is 58.6 Å². The number of halogens is 3. The summed E-state index contributed by atoms with van der Waals surface area (Å²) in [4.78, 5) is 23.9. The molecule has 0 saturated carbocycles. The lowest BCUT2D eigenvalue weighted by Crippen LogP contribution is -2.48. The number of urea groups is 1. The average molecular weight is 310 g/mol. The summed E-state index contributed by atoms with van der Waals surface area (Å²) in [6.07, 6.45) is -2.40. The molecule has 1 aliphatic rings. The van der Waals surface area contributed by atoms with E-state index >= 15 is 0 Å². The van der Waals surface area contributed by atoms with E-state index in [4.69, 9.17) is 0 Å². The summed E-state index contributed by atoms with van der Waals surface area (Å²) in [6.45, 7) is 0.404. The zero-order valence-electron chi connectivity index (χ0n) is 12.0. The zero-order valence-corrected chi connectivity index (χ0v) is 12.0. The molecule has 1 saturated heterocycles. The molecule has 8 heteroatoms. The highest BCUT2D eigenvalue weighted by atomic mass is 19.4. The molecule has 122 valence electrons. The minimum absolute atomic E-state index is 0.0758. The number of piperidine rings is 1. The normalized spacial score (nSPS) is 19.2. The summed E-state index contributed by atoms with van der Waals surface area (Å²) in [5, 5.41) is 2.58. The molecule has 0 spiro atoms. The third-order valence-electron chi connectivity index (χ3n) is 3.48. The molecule has 1 rings (SSSR count). The van der Waals surface area contributed by atoms with Gasteiger partial charge in [0.25, 0.3) is 0 Å². The lowest BCUT2D eigenvalue weighted by molar-refractivity contribution is -0.184. The quantitative estimate of drug-likeness (QED) is 0.626. The number of unbranched alkanes of at least 4 members (excludes halogenated alkanes) is 1. The lowest BCUT2D eigenvalue weighted by atomic mass is 9.98. The highest BCUT2D eigenvalue weighted by molar-refractivity contribution is 5.74.